The van der Waals surface area contributed by atoms with Gasteiger partial charge in [0.15, 0.2) is 6.34 Å². The maximum Gasteiger partial charge on any atom is 0.160 e. The van der Waals surface area contributed by atoms with Crippen molar-refractivity contribution >= 4 is 6.34 Å². The van der Waals surface area contributed by atoms with Crippen LogP contribution in [0, 0.1) is 5.41 Å². The Morgan fingerprint density at radius 2 is 2.25 bits per heavy atom. The van der Waals surface area contributed by atoms with Crippen LogP contribution in [0.25, 0.3) is 0 Å². The molecule has 2 nitrogen and oxygen atoms in total. The maximum atomic E-state index is 6.09. The standard InChI is InChI=1S/C2H5N2/c1-4-2-3/h1H3,(H2,3,4). The van der Waals surface area contributed by atoms with Gasteiger partial charge in [0, 0.05) is 7.05 Å². The molecule has 0 heterocycles. The van der Waals surface area contributed by atoms with Crippen molar-refractivity contribution in [2.45, 2.75) is 0 Å². The molecule has 0 aliphatic rings. The fourth-order valence-electron chi connectivity index (χ4n) is 0. The van der Waals surface area contributed by atoms with Crippen molar-refractivity contribution in [1.29, 1.82) is 5.41 Å². The van der Waals surface area contributed by atoms with Crippen LogP contribution in [0.3, 0.4) is 0 Å². The van der Waals surface area contributed by atoms with Gasteiger partial charge in [0.05, 0.1) is 0 Å². The first-order chi connectivity index (χ1) is 1.91. The molecule has 0 saturated carbocycles. The monoisotopic (exact) mass is 57.0 g/mol. The Hall–Kier alpha value is -0.530. The van der Waals surface area contributed by atoms with E-state index in [0.29, 0.717) is 0 Å². The van der Waals surface area contributed by atoms with Crippen molar-refractivity contribution in [2.75, 3.05) is 7.05 Å². The minimum absolute atomic E-state index is 1.63. The van der Waals surface area contributed by atoms with E-state index in [1.54, 1.807) is 7.05 Å². The zero-order valence-corrected chi connectivity index (χ0v) is 2.50. The first-order valence-corrected chi connectivity index (χ1v) is 1.00. The summed E-state index contributed by atoms with van der Waals surface area (Å²) in [6.07, 6.45) is 1.93. The van der Waals surface area contributed by atoms with Gasteiger partial charge < -0.3 is 5.32 Å². The summed E-state index contributed by atoms with van der Waals surface area (Å²) in [6, 6.07) is 0. The number of hydrogen-bond acceptors (Lipinski definition) is 1. The summed E-state index contributed by atoms with van der Waals surface area (Å²) in [5.41, 5.74) is 0. The molecule has 4 heavy (non-hydrogen) atoms. The van der Waals surface area contributed by atoms with E-state index in [1.807, 2.05) is 6.34 Å². The van der Waals surface area contributed by atoms with E-state index in [-0.39, 0.29) is 0 Å². The molecule has 0 saturated heterocycles. The predicted molar refractivity (Wildman–Crippen MR) is 16.8 cm³/mol. The molecule has 2 heteroatoms. The van der Waals surface area contributed by atoms with Crippen LogP contribution in [0.4, 0.5) is 0 Å². The van der Waals surface area contributed by atoms with Crippen molar-refractivity contribution in [3.8, 4) is 0 Å². The van der Waals surface area contributed by atoms with Gasteiger partial charge in [0.2, 0.25) is 0 Å². The van der Waals surface area contributed by atoms with E-state index in [9.17, 15) is 0 Å². The molecular weight excluding hydrogens is 52.0 g/mol. The molecule has 23 valence electrons. The molecule has 0 fully saturated rings. The van der Waals surface area contributed by atoms with E-state index in [4.69, 9.17) is 5.41 Å². The molecule has 0 rings (SSSR count). The Morgan fingerprint density at radius 3 is 2.25 bits per heavy atom. The molecule has 0 aliphatic carbocycles. The number of hydrogen-bond donors (Lipinski definition) is 2. The molecule has 0 aromatic carbocycles. The molecule has 2 N–H and O–H groups in total. The van der Waals surface area contributed by atoms with Crippen LogP contribution in [-0.4, -0.2) is 13.4 Å². The van der Waals surface area contributed by atoms with Crippen LogP contribution in [-0.2, 0) is 0 Å². The van der Waals surface area contributed by atoms with Gasteiger partial charge in [-0.25, -0.2) is 0 Å². The van der Waals surface area contributed by atoms with Gasteiger partial charge in [-0.3, -0.25) is 5.41 Å². The third-order valence-corrected chi connectivity index (χ3v) is 0.125. The van der Waals surface area contributed by atoms with Gasteiger partial charge in [-0.15, -0.1) is 0 Å². The van der Waals surface area contributed by atoms with Crippen molar-refractivity contribution < 1.29 is 0 Å². The highest BCUT2D eigenvalue weighted by Gasteiger charge is 1.40. The largest absolute Gasteiger partial charge is 0.371 e. The highest BCUT2D eigenvalue weighted by Crippen LogP contribution is 1.13. The topological polar surface area (TPSA) is 35.9 Å². The summed E-state index contributed by atoms with van der Waals surface area (Å²) in [5, 5.41) is 8.44. The van der Waals surface area contributed by atoms with E-state index in [1.165, 1.54) is 0 Å². The van der Waals surface area contributed by atoms with Gasteiger partial charge in [0.25, 0.3) is 0 Å². The Kier molecular flexibility index (Phi) is 2.14. The molecule has 0 aromatic rings. The SMILES string of the molecule is CN[C]=N. The van der Waals surface area contributed by atoms with Crippen LogP contribution in [0.5, 0.6) is 0 Å². The molecular formula is C2H5N2. The first kappa shape index (κ1) is 3.47. The van der Waals surface area contributed by atoms with Crippen LogP contribution in [0.2, 0.25) is 0 Å². The molecule has 0 amide bonds. The lowest BCUT2D eigenvalue weighted by atomic mass is 11.2. The lowest BCUT2D eigenvalue weighted by Crippen LogP contribution is -1.97. The third-order valence-electron chi connectivity index (χ3n) is 0.125. The third kappa shape index (κ3) is 1.47. The maximum absolute atomic E-state index is 6.09. The summed E-state index contributed by atoms with van der Waals surface area (Å²) in [4.78, 5) is 0. The van der Waals surface area contributed by atoms with Gasteiger partial charge in [-0.05, 0) is 0 Å². The van der Waals surface area contributed by atoms with E-state index in [0.717, 1.165) is 0 Å². The molecule has 0 unspecified atom stereocenters. The lowest BCUT2D eigenvalue weighted by molar-refractivity contribution is 1.19. The lowest BCUT2D eigenvalue weighted by Gasteiger charge is -1.66. The minimum Gasteiger partial charge on any atom is -0.371 e. The fraction of sp³-hybridized carbons (Fsp3) is 0.500. The van der Waals surface area contributed by atoms with Gasteiger partial charge >= 0.3 is 0 Å². The summed E-state index contributed by atoms with van der Waals surface area (Å²) in [7, 11) is 1.63. The smallest absolute Gasteiger partial charge is 0.160 e. The molecule has 1 radical (unpaired) electrons. The summed E-state index contributed by atoms with van der Waals surface area (Å²) >= 11 is 0. The minimum atomic E-state index is 1.63. The van der Waals surface area contributed by atoms with Gasteiger partial charge in [-0.2, -0.15) is 0 Å². The molecule has 0 spiro atoms. The Morgan fingerprint density at radius 1 is 2.00 bits per heavy atom. The van der Waals surface area contributed by atoms with Crippen molar-refractivity contribution in [1.82, 2.24) is 5.32 Å². The summed E-state index contributed by atoms with van der Waals surface area (Å²) in [6.45, 7) is 0. The Bertz CT molecular complexity index is 18.0. The van der Waals surface area contributed by atoms with Gasteiger partial charge in [0.1, 0.15) is 0 Å². The highest BCUT2D eigenvalue weighted by atomic mass is 14.8. The zero-order valence-electron chi connectivity index (χ0n) is 2.50. The Balaban J connectivity index is 2.30. The van der Waals surface area contributed by atoms with Crippen LogP contribution < -0.4 is 5.32 Å². The molecule has 0 aromatic heterocycles. The molecule has 0 aliphatic heterocycles. The zero-order chi connectivity index (χ0) is 3.41. The summed E-state index contributed by atoms with van der Waals surface area (Å²) in [5.74, 6) is 0. The van der Waals surface area contributed by atoms with E-state index >= 15 is 0 Å². The fourth-order valence-corrected chi connectivity index (χ4v) is 0. The normalized spacial score (nSPS) is 5.25. The second-order valence-corrected chi connectivity index (χ2v) is 0.375. The molecule has 0 atom stereocenters. The Labute approximate surface area is 25.3 Å². The average molecular weight is 57.1 g/mol. The van der Waals surface area contributed by atoms with Gasteiger partial charge in [-0.1, -0.05) is 0 Å². The first-order valence-electron chi connectivity index (χ1n) is 1.00. The van der Waals surface area contributed by atoms with Crippen molar-refractivity contribution in [2.24, 2.45) is 0 Å². The van der Waals surface area contributed by atoms with Crippen LogP contribution in [0.1, 0.15) is 0 Å². The summed E-state index contributed by atoms with van der Waals surface area (Å²) < 4.78 is 0. The second kappa shape index (κ2) is 2.47. The van der Waals surface area contributed by atoms with E-state index in [2.05, 4.69) is 5.32 Å². The number of nitrogens with one attached hydrogen (secondary N) is 2. The van der Waals surface area contributed by atoms with Crippen molar-refractivity contribution in [3.05, 3.63) is 0 Å². The number of rotatable bonds is 1. The van der Waals surface area contributed by atoms with Crippen LogP contribution >= 0.6 is 0 Å². The predicted octanol–water partition coefficient (Wildman–Crippen LogP) is -0.310. The van der Waals surface area contributed by atoms with Crippen molar-refractivity contribution in [3.63, 3.8) is 0 Å². The second-order valence-electron chi connectivity index (χ2n) is 0.375. The van der Waals surface area contributed by atoms with E-state index < -0.39 is 0 Å². The van der Waals surface area contributed by atoms with Crippen LogP contribution in [0.15, 0.2) is 0 Å². The quantitative estimate of drug-likeness (QED) is 0.242. The average Bonchev–Trinajstić information content (AvgIpc) is 1.37. The highest BCUT2D eigenvalue weighted by molar-refractivity contribution is 5.48. The molecule has 0 bridgehead atoms.